The lowest BCUT2D eigenvalue weighted by Crippen LogP contribution is -2.43. The number of carbonyl (C=O) groups excluding carboxylic acids is 1. The molecule has 0 aliphatic carbocycles. The standard InChI is InChI=1S/C29H28BrCl2F3N4O2Si/c1-28(2,3)42(4,5)41-20-10-6-17(7-11-20)26-21(15-30)25(38-39(26)23-12-9-19(31)14-22(23)32)27(40)37-24-13-8-18(16-36-24)29(33,34)35/h6-14,16H,15H2,1-5H3,(H,36,37,40). The molecular weight excluding hydrogens is 672 g/mol. The summed E-state index contributed by atoms with van der Waals surface area (Å²) in [5.74, 6) is 0.0219. The maximum Gasteiger partial charge on any atom is 0.417 e. The van der Waals surface area contributed by atoms with E-state index in [-0.39, 0.29) is 21.9 Å². The third-order valence-electron chi connectivity index (χ3n) is 7.11. The molecule has 13 heteroatoms. The molecule has 4 rings (SSSR count). The summed E-state index contributed by atoms with van der Waals surface area (Å²) in [5, 5.41) is 8.13. The molecular formula is C29H28BrCl2F3N4O2Si. The number of anilines is 1. The molecule has 0 spiro atoms. The monoisotopic (exact) mass is 698 g/mol. The Hall–Kier alpha value is -2.86. The van der Waals surface area contributed by atoms with Crippen LogP contribution in [0, 0.1) is 0 Å². The number of carbonyl (C=O) groups is 1. The zero-order chi connectivity index (χ0) is 31.0. The number of benzene rings is 2. The first-order valence-corrected chi connectivity index (χ1v) is 17.6. The quantitative estimate of drug-likeness (QED) is 0.154. The fraction of sp³-hybridized carbons (Fsp3) is 0.276. The highest BCUT2D eigenvalue weighted by molar-refractivity contribution is 9.08. The van der Waals surface area contributed by atoms with E-state index in [0.717, 1.165) is 23.4 Å². The van der Waals surface area contributed by atoms with Crippen LogP contribution in [0.4, 0.5) is 19.0 Å². The Morgan fingerprint density at radius 2 is 1.71 bits per heavy atom. The van der Waals surface area contributed by atoms with Gasteiger partial charge < -0.3 is 9.74 Å². The van der Waals surface area contributed by atoms with Gasteiger partial charge >= 0.3 is 6.18 Å². The van der Waals surface area contributed by atoms with Crippen LogP contribution in [-0.2, 0) is 11.5 Å². The van der Waals surface area contributed by atoms with Gasteiger partial charge in [0.05, 0.1) is 22.0 Å². The number of nitrogens with one attached hydrogen (secondary N) is 1. The van der Waals surface area contributed by atoms with Crippen LogP contribution >= 0.6 is 39.1 Å². The highest BCUT2D eigenvalue weighted by Gasteiger charge is 2.39. The summed E-state index contributed by atoms with van der Waals surface area (Å²) in [6, 6.07) is 14.4. The zero-order valence-corrected chi connectivity index (χ0v) is 27.5. The van der Waals surface area contributed by atoms with E-state index in [9.17, 15) is 18.0 Å². The minimum atomic E-state index is -4.55. The van der Waals surface area contributed by atoms with Gasteiger partial charge in [0.25, 0.3) is 5.91 Å². The molecule has 2 aromatic carbocycles. The lowest BCUT2D eigenvalue weighted by Gasteiger charge is -2.36. The van der Waals surface area contributed by atoms with Crippen molar-refractivity contribution >= 4 is 59.2 Å². The highest BCUT2D eigenvalue weighted by Crippen LogP contribution is 2.39. The van der Waals surface area contributed by atoms with Crippen LogP contribution in [0.25, 0.3) is 16.9 Å². The number of aromatic nitrogens is 3. The Kier molecular flexibility index (Phi) is 9.18. The number of hydrogen-bond donors (Lipinski definition) is 1. The second-order valence-electron chi connectivity index (χ2n) is 11.1. The molecule has 2 heterocycles. The maximum atomic E-state index is 13.4. The Morgan fingerprint density at radius 3 is 2.24 bits per heavy atom. The third-order valence-corrected chi connectivity index (χ3v) is 12.6. The lowest BCUT2D eigenvalue weighted by molar-refractivity contribution is -0.137. The third kappa shape index (κ3) is 6.85. The molecule has 0 saturated carbocycles. The van der Waals surface area contributed by atoms with Gasteiger partial charge in [0.2, 0.25) is 8.32 Å². The van der Waals surface area contributed by atoms with Gasteiger partial charge in [-0.2, -0.15) is 18.3 Å². The van der Waals surface area contributed by atoms with Crippen LogP contribution in [0.1, 0.15) is 42.4 Å². The van der Waals surface area contributed by atoms with Crippen molar-refractivity contribution in [2.75, 3.05) is 5.32 Å². The number of nitrogens with zero attached hydrogens (tertiary/aromatic N) is 3. The van der Waals surface area contributed by atoms with Gasteiger partial charge in [-0.05, 0) is 72.7 Å². The van der Waals surface area contributed by atoms with Gasteiger partial charge in [-0.25, -0.2) is 9.67 Å². The van der Waals surface area contributed by atoms with Gasteiger partial charge in [0.15, 0.2) is 5.69 Å². The molecule has 0 unspecified atom stereocenters. The first-order valence-electron chi connectivity index (χ1n) is 12.8. The second-order valence-corrected chi connectivity index (χ2v) is 17.2. The highest BCUT2D eigenvalue weighted by atomic mass is 79.9. The van der Waals surface area contributed by atoms with Crippen LogP contribution in [0.5, 0.6) is 5.75 Å². The van der Waals surface area contributed by atoms with E-state index in [1.807, 2.05) is 24.3 Å². The fourth-order valence-corrected chi connectivity index (χ4v) is 5.87. The minimum Gasteiger partial charge on any atom is -0.544 e. The first kappa shape index (κ1) is 32.1. The maximum absolute atomic E-state index is 13.4. The first-order chi connectivity index (χ1) is 19.5. The molecule has 0 bridgehead atoms. The molecule has 0 aliphatic rings. The van der Waals surface area contributed by atoms with E-state index in [2.05, 4.69) is 65.2 Å². The summed E-state index contributed by atoms with van der Waals surface area (Å²) in [7, 11) is -2.07. The van der Waals surface area contributed by atoms with Crippen molar-refractivity contribution in [1.29, 1.82) is 0 Å². The minimum absolute atomic E-state index is 0.0168. The molecule has 2 aromatic heterocycles. The van der Waals surface area contributed by atoms with E-state index in [1.165, 1.54) is 0 Å². The number of halogens is 6. The number of hydrogen-bond acceptors (Lipinski definition) is 4. The van der Waals surface area contributed by atoms with Crippen molar-refractivity contribution in [3.05, 3.63) is 87.7 Å². The molecule has 0 atom stereocenters. The lowest BCUT2D eigenvalue weighted by atomic mass is 10.1. The number of amides is 1. The number of alkyl halides is 4. The molecule has 4 aromatic rings. The van der Waals surface area contributed by atoms with Crippen molar-refractivity contribution in [3.8, 4) is 22.7 Å². The fourth-order valence-electron chi connectivity index (χ4n) is 3.82. The van der Waals surface area contributed by atoms with Gasteiger partial charge in [-0.1, -0.05) is 59.9 Å². The molecule has 0 aliphatic heterocycles. The zero-order valence-electron chi connectivity index (χ0n) is 23.4. The number of rotatable bonds is 7. The molecule has 0 fully saturated rings. The van der Waals surface area contributed by atoms with E-state index in [4.69, 9.17) is 27.6 Å². The van der Waals surface area contributed by atoms with Crippen molar-refractivity contribution in [2.24, 2.45) is 0 Å². The molecule has 222 valence electrons. The summed E-state index contributed by atoms with van der Waals surface area (Å²) in [6.07, 6.45) is -3.89. The molecule has 1 amide bonds. The Bertz CT molecular complexity index is 1600. The predicted molar refractivity (Wildman–Crippen MR) is 167 cm³/mol. The molecule has 0 radical (unpaired) electrons. The van der Waals surface area contributed by atoms with E-state index >= 15 is 0 Å². The average molecular weight is 700 g/mol. The molecule has 42 heavy (non-hydrogen) atoms. The normalized spacial score (nSPS) is 12.4. The van der Waals surface area contributed by atoms with Gasteiger partial charge in [0.1, 0.15) is 11.6 Å². The van der Waals surface area contributed by atoms with Crippen molar-refractivity contribution in [2.45, 2.75) is 50.4 Å². The van der Waals surface area contributed by atoms with Crippen LogP contribution in [0.2, 0.25) is 28.2 Å². The predicted octanol–water partition coefficient (Wildman–Crippen LogP) is 9.79. The van der Waals surface area contributed by atoms with Gasteiger partial charge in [0, 0.05) is 27.7 Å². The second kappa shape index (κ2) is 12.0. The molecule has 6 nitrogen and oxygen atoms in total. The van der Waals surface area contributed by atoms with Crippen LogP contribution < -0.4 is 9.74 Å². The summed E-state index contributed by atoms with van der Waals surface area (Å²) in [4.78, 5) is 17.2. The summed E-state index contributed by atoms with van der Waals surface area (Å²) in [5.41, 5.74) is 1.44. The summed E-state index contributed by atoms with van der Waals surface area (Å²) < 4.78 is 46.9. The Balaban J connectivity index is 1.78. The van der Waals surface area contributed by atoms with Gasteiger partial charge in [-0.3, -0.25) is 4.79 Å². The summed E-state index contributed by atoms with van der Waals surface area (Å²) in [6.45, 7) is 10.8. The van der Waals surface area contributed by atoms with E-state index in [0.29, 0.717) is 33.2 Å². The molecule has 1 N–H and O–H groups in total. The van der Waals surface area contributed by atoms with Gasteiger partial charge in [-0.15, -0.1) is 0 Å². The smallest absolute Gasteiger partial charge is 0.417 e. The van der Waals surface area contributed by atoms with E-state index < -0.39 is 26.0 Å². The molecule has 0 saturated heterocycles. The van der Waals surface area contributed by atoms with Crippen LogP contribution in [0.3, 0.4) is 0 Å². The average Bonchev–Trinajstić information content (AvgIpc) is 3.27. The largest absolute Gasteiger partial charge is 0.544 e. The summed E-state index contributed by atoms with van der Waals surface area (Å²) >= 11 is 16.2. The van der Waals surface area contributed by atoms with Crippen molar-refractivity contribution in [1.82, 2.24) is 14.8 Å². The van der Waals surface area contributed by atoms with Crippen molar-refractivity contribution < 1.29 is 22.4 Å². The van der Waals surface area contributed by atoms with Crippen LogP contribution in [0.15, 0.2) is 60.8 Å². The SMILES string of the molecule is CC(C)(C)[Si](C)(C)Oc1ccc(-c2c(CBr)c(C(=O)Nc3ccc(C(F)(F)F)cn3)nn2-c2ccc(Cl)cc2Cl)cc1. The Morgan fingerprint density at radius 1 is 1.05 bits per heavy atom. The van der Waals surface area contributed by atoms with Crippen molar-refractivity contribution in [3.63, 3.8) is 0 Å². The topological polar surface area (TPSA) is 69.0 Å². The van der Waals surface area contributed by atoms with E-state index in [1.54, 1.807) is 22.9 Å². The van der Waals surface area contributed by atoms with Crippen LogP contribution in [-0.4, -0.2) is 29.0 Å². The number of pyridine rings is 1. The Labute approximate surface area is 261 Å².